The van der Waals surface area contributed by atoms with E-state index in [0.29, 0.717) is 24.2 Å². The second-order valence-corrected chi connectivity index (χ2v) is 5.91. The number of hydrazine groups is 1. The lowest BCUT2D eigenvalue weighted by atomic mass is 10.1. The second-order valence-electron chi connectivity index (χ2n) is 4.43. The first-order valence-corrected chi connectivity index (χ1v) is 6.98. The highest BCUT2D eigenvalue weighted by Gasteiger charge is 2.33. The zero-order chi connectivity index (χ0) is 14.7. The van der Waals surface area contributed by atoms with Crippen molar-refractivity contribution in [3.8, 4) is 0 Å². The molecule has 0 aromatic heterocycles. The van der Waals surface area contributed by atoms with Crippen LogP contribution in [-0.4, -0.2) is 28.7 Å². The monoisotopic (exact) mass is 293 g/mol. The summed E-state index contributed by atoms with van der Waals surface area (Å²) in [5.74, 6) is 4.60. The van der Waals surface area contributed by atoms with Crippen molar-refractivity contribution in [1.82, 2.24) is 5.43 Å². The molecule has 2 amide bonds. The lowest BCUT2D eigenvalue weighted by molar-refractivity contribution is -0.117. The van der Waals surface area contributed by atoms with E-state index in [-0.39, 0.29) is 16.3 Å². The maximum Gasteiger partial charge on any atom is 0.267 e. The maximum atomic E-state index is 12.1. The number of nitrogens with zero attached hydrogens (tertiary/aromatic N) is 1. The number of para-hydroxylation sites is 1. The molecule has 6 nitrogen and oxygen atoms in total. The largest absolute Gasteiger partial charge is 0.310 e. The fourth-order valence-corrected chi connectivity index (χ4v) is 3.12. The Kier molecular flexibility index (Phi) is 4.41. The van der Waals surface area contributed by atoms with E-state index in [9.17, 15) is 14.4 Å². The van der Waals surface area contributed by atoms with Gasteiger partial charge in [-0.25, -0.2) is 5.84 Å². The minimum atomic E-state index is -0.448. The fourth-order valence-electron chi connectivity index (χ4n) is 2.20. The van der Waals surface area contributed by atoms with Crippen LogP contribution in [0.4, 0.5) is 5.69 Å². The van der Waals surface area contributed by atoms with Crippen LogP contribution >= 0.6 is 11.8 Å². The Hall–Kier alpha value is -1.86. The van der Waals surface area contributed by atoms with Gasteiger partial charge in [-0.2, -0.15) is 0 Å². The topological polar surface area (TPSA) is 92.5 Å². The first-order valence-electron chi connectivity index (χ1n) is 6.10. The van der Waals surface area contributed by atoms with Crippen LogP contribution in [0.3, 0.4) is 0 Å². The Morgan fingerprint density at radius 3 is 2.75 bits per heavy atom. The van der Waals surface area contributed by atoms with Gasteiger partial charge in [-0.05, 0) is 12.1 Å². The van der Waals surface area contributed by atoms with E-state index in [4.69, 9.17) is 5.84 Å². The molecular formula is C13H15N3O3S. The van der Waals surface area contributed by atoms with E-state index >= 15 is 0 Å². The molecule has 1 aromatic carbocycles. The number of hydrogen-bond acceptors (Lipinski definition) is 5. The standard InChI is InChI=1S/C13H15N3O3S/c1-8(17)20-9-6-12(18)16(7-9)11-5-3-2-4-10(11)13(19)15-14/h2-5,9H,6-7,14H2,1H3,(H,15,19). The third-order valence-electron chi connectivity index (χ3n) is 2.99. The quantitative estimate of drug-likeness (QED) is 0.485. The third-order valence-corrected chi connectivity index (χ3v) is 3.97. The number of thioether (sulfide) groups is 1. The van der Waals surface area contributed by atoms with Crippen LogP contribution in [0, 0.1) is 0 Å². The molecule has 1 saturated heterocycles. The lowest BCUT2D eigenvalue weighted by Crippen LogP contribution is -2.33. The summed E-state index contributed by atoms with van der Waals surface area (Å²) < 4.78 is 0. The van der Waals surface area contributed by atoms with Crippen LogP contribution in [0.25, 0.3) is 0 Å². The Morgan fingerprint density at radius 1 is 1.40 bits per heavy atom. The van der Waals surface area contributed by atoms with Crippen molar-refractivity contribution in [2.75, 3.05) is 11.4 Å². The molecule has 0 bridgehead atoms. The van der Waals surface area contributed by atoms with Crippen LogP contribution in [0.2, 0.25) is 0 Å². The van der Waals surface area contributed by atoms with Crippen LogP contribution < -0.4 is 16.2 Å². The first kappa shape index (κ1) is 14.5. The number of nitrogen functional groups attached to an aromatic ring is 1. The molecule has 1 heterocycles. The number of carbonyl (C=O) groups is 3. The molecule has 2 rings (SSSR count). The number of hydrogen-bond donors (Lipinski definition) is 2. The molecule has 0 saturated carbocycles. The highest BCUT2D eigenvalue weighted by atomic mass is 32.2. The Bertz CT molecular complexity index is 562. The molecule has 1 aliphatic rings. The molecule has 1 fully saturated rings. The van der Waals surface area contributed by atoms with Crippen LogP contribution in [-0.2, 0) is 9.59 Å². The van der Waals surface area contributed by atoms with Crippen molar-refractivity contribution in [3.63, 3.8) is 0 Å². The number of benzene rings is 1. The van der Waals surface area contributed by atoms with Crippen molar-refractivity contribution < 1.29 is 14.4 Å². The number of carbonyl (C=O) groups excluding carboxylic acids is 3. The molecule has 3 N–H and O–H groups in total. The van der Waals surface area contributed by atoms with E-state index < -0.39 is 5.91 Å². The van der Waals surface area contributed by atoms with Crippen molar-refractivity contribution in [3.05, 3.63) is 29.8 Å². The van der Waals surface area contributed by atoms with Gasteiger partial charge in [-0.1, -0.05) is 23.9 Å². The van der Waals surface area contributed by atoms with Crippen molar-refractivity contribution >= 4 is 34.4 Å². The summed E-state index contributed by atoms with van der Waals surface area (Å²) in [4.78, 5) is 36.4. The number of rotatable bonds is 3. The minimum Gasteiger partial charge on any atom is -0.310 e. The second kappa shape index (κ2) is 6.06. The average molecular weight is 293 g/mol. The maximum absolute atomic E-state index is 12.1. The zero-order valence-corrected chi connectivity index (χ0v) is 11.8. The molecule has 1 aliphatic heterocycles. The number of nitrogens with two attached hydrogens (primary N) is 1. The van der Waals surface area contributed by atoms with Gasteiger partial charge in [0.2, 0.25) is 5.91 Å². The molecule has 20 heavy (non-hydrogen) atoms. The van der Waals surface area contributed by atoms with Gasteiger partial charge in [0.05, 0.1) is 11.3 Å². The van der Waals surface area contributed by atoms with E-state index in [0.717, 1.165) is 11.8 Å². The molecule has 1 atom stereocenters. The third kappa shape index (κ3) is 3.00. The molecule has 1 unspecified atom stereocenters. The Balaban J connectivity index is 2.26. The van der Waals surface area contributed by atoms with Crippen LogP contribution in [0.1, 0.15) is 23.7 Å². The van der Waals surface area contributed by atoms with Gasteiger partial charge in [0.25, 0.3) is 5.91 Å². The summed E-state index contributed by atoms with van der Waals surface area (Å²) in [6.45, 7) is 1.89. The van der Waals surface area contributed by atoms with Gasteiger partial charge in [0.1, 0.15) is 0 Å². The van der Waals surface area contributed by atoms with Gasteiger partial charge in [-0.3, -0.25) is 19.8 Å². The van der Waals surface area contributed by atoms with Crippen molar-refractivity contribution in [1.29, 1.82) is 0 Å². The zero-order valence-electron chi connectivity index (χ0n) is 11.0. The lowest BCUT2D eigenvalue weighted by Gasteiger charge is -2.19. The van der Waals surface area contributed by atoms with Gasteiger partial charge < -0.3 is 4.90 Å². The van der Waals surface area contributed by atoms with E-state index in [1.807, 2.05) is 0 Å². The molecular weight excluding hydrogens is 278 g/mol. The predicted octanol–water partition coefficient (Wildman–Crippen LogP) is 0.675. The highest BCUT2D eigenvalue weighted by Crippen LogP contribution is 2.30. The molecule has 0 radical (unpaired) electrons. The SMILES string of the molecule is CC(=O)SC1CC(=O)N(c2ccccc2C(=O)NN)C1. The number of amides is 2. The predicted molar refractivity (Wildman–Crippen MR) is 77.1 cm³/mol. The Morgan fingerprint density at radius 2 is 2.10 bits per heavy atom. The van der Waals surface area contributed by atoms with E-state index in [1.54, 1.807) is 24.3 Å². The van der Waals surface area contributed by atoms with Crippen molar-refractivity contribution in [2.24, 2.45) is 5.84 Å². The van der Waals surface area contributed by atoms with Crippen LogP contribution in [0.5, 0.6) is 0 Å². The smallest absolute Gasteiger partial charge is 0.267 e. The summed E-state index contributed by atoms with van der Waals surface area (Å²) in [5.41, 5.74) is 2.93. The normalized spacial score (nSPS) is 18.2. The minimum absolute atomic E-state index is 0.0161. The fraction of sp³-hybridized carbons (Fsp3) is 0.308. The summed E-state index contributed by atoms with van der Waals surface area (Å²) in [6, 6.07) is 6.76. The van der Waals surface area contributed by atoms with Gasteiger partial charge in [0, 0.05) is 25.1 Å². The van der Waals surface area contributed by atoms with Gasteiger partial charge in [0.15, 0.2) is 5.12 Å². The highest BCUT2D eigenvalue weighted by molar-refractivity contribution is 8.14. The average Bonchev–Trinajstić information content (AvgIpc) is 2.77. The summed E-state index contributed by atoms with van der Waals surface area (Å²) >= 11 is 1.16. The molecule has 0 spiro atoms. The molecule has 106 valence electrons. The summed E-state index contributed by atoms with van der Waals surface area (Å²) in [6.07, 6.45) is 0.294. The van der Waals surface area contributed by atoms with Gasteiger partial charge >= 0.3 is 0 Å². The molecule has 7 heteroatoms. The molecule has 1 aromatic rings. The van der Waals surface area contributed by atoms with Crippen LogP contribution in [0.15, 0.2) is 24.3 Å². The first-order chi connectivity index (χ1) is 9.52. The summed E-state index contributed by atoms with van der Waals surface area (Å²) in [5, 5.41) is -0.0911. The Labute approximate surface area is 120 Å². The molecule has 0 aliphatic carbocycles. The van der Waals surface area contributed by atoms with E-state index in [2.05, 4.69) is 5.43 Å². The van der Waals surface area contributed by atoms with Crippen molar-refractivity contribution in [2.45, 2.75) is 18.6 Å². The number of anilines is 1. The summed E-state index contributed by atoms with van der Waals surface area (Å²) in [7, 11) is 0. The van der Waals surface area contributed by atoms with E-state index in [1.165, 1.54) is 11.8 Å². The number of nitrogens with one attached hydrogen (secondary N) is 1. The van der Waals surface area contributed by atoms with Gasteiger partial charge in [-0.15, -0.1) is 0 Å².